The number of aromatic amines is 1. The van der Waals surface area contributed by atoms with E-state index in [0.717, 1.165) is 6.07 Å². The fourth-order valence-corrected chi connectivity index (χ4v) is 2.66. The molecule has 13 heteroatoms. The maximum atomic E-state index is 11.5. The standard InChI is InChI=1S/C16H6N2O8.3Na/c19-3-7-5-1-9(15(23)24)17-12(5)11-6(14(21)22)2-10(16(25)26)18-13(11)8(7)4-20;;;/h1-2,17H,(H,21,22)(H,23,24)(H,25,26);;;/q;3*+1/p-3. The number of benzene rings is 1. The Bertz CT molecular complexity index is 1340. The Morgan fingerprint density at radius 1 is 0.862 bits per heavy atom. The van der Waals surface area contributed by atoms with Crippen molar-refractivity contribution in [3.63, 3.8) is 0 Å². The van der Waals surface area contributed by atoms with Crippen LogP contribution >= 0.6 is 0 Å². The zero-order valence-electron chi connectivity index (χ0n) is 15.4. The van der Waals surface area contributed by atoms with E-state index in [0.29, 0.717) is 6.07 Å². The van der Waals surface area contributed by atoms with Crippen LogP contribution in [0, 0.1) is 0 Å². The molecule has 2 heterocycles. The molecular formula is C16H3N2Na3O8. The molecule has 10 nitrogen and oxygen atoms in total. The topological polar surface area (TPSA) is 183 Å². The largest absolute Gasteiger partial charge is 1.00 e. The Morgan fingerprint density at radius 3 is 1.90 bits per heavy atom. The van der Waals surface area contributed by atoms with Gasteiger partial charge in [-0.25, -0.2) is 14.6 Å². The molecule has 0 aliphatic carbocycles. The van der Waals surface area contributed by atoms with Gasteiger partial charge in [0.25, 0.3) is 0 Å². The van der Waals surface area contributed by atoms with Gasteiger partial charge in [0.15, 0.2) is 0 Å². The Labute approximate surface area is 226 Å². The quantitative estimate of drug-likeness (QED) is 0.402. The summed E-state index contributed by atoms with van der Waals surface area (Å²) in [4.78, 5) is 62.2. The SMILES string of the molecule is O=C=c1c(=C=O)c2nc(C(=O)[O-])cc(C(=O)[O-])c2c2[nH]c(C(=O)[O-])cc12.[Na+].[Na+].[Na+]. The van der Waals surface area contributed by atoms with Gasteiger partial charge in [-0.2, -0.15) is 0 Å². The predicted octanol–water partition coefficient (Wildman–Crippen LogP) is -14.2. The number of hydrogen-bond acceptors (Lipinski definition) is 9. The Hall–Kier alpha value is -1.26. The first kappa shape index (κ1) is 27.7. The Morgan fingerprint density at radius 2 is 1.45 bits per heavy atom. The molecule has 0 aliphatic rings. The van der Waals surface area contributed by atoms with Crippen LogP contribution in [-0.2, 0) is 9.59 Å². The molecule has 0 aliphatic heterocycles. The summed E-state index contributed by atoms with van der Waals surface area (Å²) in [6, 6.07) is 1.57. The minimum atomic E-state index is -1.84. The maximum Gasteiger partial charge on any atom is 1.00 e. The van der Waals surface area contributed by atoms with Gasteiger partial charge in [-0.15, -0.1) is 0 Å². The van der Waals surface area contributed by atoms with Crippen molar-refractivity contribution < 1.29 is 128 Å². The van der Waals surface area contributed by atoms with Gasteiger partial charge in [-0.1, -0.05) is 0 Å². The first-order valence-electron chi connectivity index (χ1n) is 6.73. The van der Waals surface area contributed by atoms with Crippen molar-refractivity contribution in [1.29, 1.82) is 0 Å². The van der Waals surface area contributed by atoms with Crippen molar-refractivity contribution in [3.8, 4) is 0 Å². The smallest absolute Gasteiger partial charge is 0.545 e. The number of aromatic carboxylic acids is 3. The third kappa shape index (κ3) is 4.74. The molecule has 0 spiro atoms. The number of hydrogen-bond donors (Lipinski definition) is 1. The molecule has 0 saturated carbocycles. The summed E-state index contributed by atoms with van der Waals surface area (Å²) in [5.41, 5.74) is -2.78. The average molecular weight is 420 g/mol. The third-order valence-corrected chi connectivity index (χ3v) is 3.70. The van der Waals surface area contributed by atoms with E-state index in [1.165, 1.54) is 11.9 Å². The minimum Gasteiger partial charge on any atom is -0.545 e. The summed E-state index contributed by atoms with van der Waals surface area (Å²) in [6.45, 7) is 0. The van der Waals surface area contributed by atoms with Gasteiger partial charge in [-0.05, 0) is 12.1 Å². The molecule has 0 radical (unpaired) electrons. The van der Waals surface area contributed by atoms with E-state index >= 15 is 0 Å². The van der Waals surface area contributed by atoms with Crippen molar-refractivity contribution in [2.75, 3.05) is 0 Å². The van der Waals surface area contributed by atoms with E-state index in [2.05, 4.69) is 9.97 Å². The van der Waals surface area contributed by atoms with Crippen LogP contribution in [0.2, 0.25) is 0 Å². The summed E-state index contributed by atoms with van der Waals surface area (Å²) in [7, 11) is 0. The summed E-state index contributed by atoms with van der Waals surface area (Å²) < 4.78 is 0. The molecule has 3 rings (SSSR count). The molecular weight excluding hydrogens is 417 g/mol. The second-order valence-corrected chi connectivity index (χ2v) is 5.07. The number of carbonyl (C=O) groups is 3. The molecule has 0 unspecified atom stereocenters. The molecule has 1 aromatic carbocycles. The molecule has 0 bridgehead atoms. The molecule has 0 atom stereocenters. The zero-order chi connectivity index (χ0) is 19.2. The van der Waals surface area contributed by atoms with Crippen LogP contribution < -0.4 is 114 Å². The van der Waals surface area contributed by atoms with E-state index < -0.39 is 50.8 Å². The normalized spacial score (nSPS) is 9.38. The number of pyridine rings is 1. The summed E-state index contributed by atoms with van der Waals surface area (Å²) in [6.07, 6.45) is 0. The zero-order valence-corrected chi connectivity index (χ0v) is 21.4. The Kier molecular flexibility index (Phi) is 10.2. The van der Waals surface area contributed by atoms with Gasteiger partial charge in [0.1, 0.15) is 17.1 Å². The van der Waals surface area contributed by atoms with Crippen molar-refractivity contribution in [2.24, 2.45) is 0 Å². The molecule has 0 saturated heterocycles. The predicted molar refractivity (Wildman–Crippen MR) is 75.4 cm³/mol. The minimum absolute atomic E-state index is 0. The number of carbonyl (C=O) groups excluding carboxylic acids is 5. The number of carboxylic acid groups (broad SMARTS) is 3. The van der Waals surface area contributed by atoms with Gasteiger partial charge in [-0.3, -0.25) is 0 Å². The molecule has 0 fully saturated rings. The van der Waals surface area contributed by atoms with Crippen molar-refractivity contribution in [3.05, 3.63) is 39.5 Å². The van der Waals surface area contributed by atoms with Crippen LogP contribution in [-0.4, -0.2) is 39.8 Å². The van der Waals surface area contributed by atoms with Crippen molar-refractivity contribution in [1.82, 2.24) is 9.97 Å². The van der Waals surface area contributed by atoms with Gasteiger partial charge in [0.05, 0.1) is 45.5 Å². The molecule has 29 heavy (non-hydrogen) atoms. The van der Waals surface area contributed by atoms with Crippen LogP contribution in [0.5, 0.6) is 0 Å². The van der Waals surface area contributed by atoms with Gasteiger partial charge >= 0.3 is 88.7 Å². The summed E-state index contributed by atoms with van der Waals surface area (Å²) >= 11 is 0. The maximum absolute atomic E-state index is 11.5. The van der Waals surface area contributed by atoms with E-state index in [1.807, 2.05) is 0 Å². The second kappa shape index (κ2) is 10.7. The molecule has 1 N–H and O–H groups in total. The first-order chi connectivity index (χ1) is 12.3. The number of carboxylic acids is 3. The monoisotopic (exact) mass is 420 g/mol. The fraction of sp³-hybridized carbons (Fsp3) is 0. The van der Waals surface area contributed by atoms with E-state index in [1.54, 1.807) is 0 Å². The first-order valence-corrected chi connectivity index (χ1v) is 6.73. The second-order valence-electron chi connectivity index (χ2n) is 5.07. The summed E-state index contributed by atoms with van der Waals surface area (Å²) in [5, 5.41) is 32.1. The van der Waals surface area contributed by atoms with Crippen LogP contribution in [0.4, 0.5) is 0 Å². The molecule has 128 valence electrons. The molecule has 0 amide bonds. The third-order valence-electron chi connectivity index (χ3n) is 3.70. The van der Waals surface area contributed by atoms with E-state index in [-0.39, 0.29) is 105 Å². The van der Waals surface area contributed by atoms with Gasteiger partial charge < -0.3 is 34.7 Å². The number of rotatable bonds is 3. The number of aromatic nitrogens is 2. The van der Waals surface area contributed by atoms with Gasteiger partial charge in [0.2, 0.25) is 0 Å². The van der Waals surface area contributed by atoms with Crippen molar-refractivity contribution >= 4 is 51.6 Å². The number of H-pyrrole nitrogens is 1. The number of nitrogens with one attached hydrogen (secondary N) is 1. The van der Waals surface area contributed by atoms with Crippen LogP contribution in [0.3, 0.4) is 0 Å². The molecule has 3 aromatic rings. The average Bonchev–Trinajstić information content (AvgIpc) is 3.04. The Balaban J connectivity index is 0.00000261. The molecule has 2 aromatic heterocycles. The van der Waals surface area contributed by atoms with Crippen molar-refractivity contribution in [2.45, 2.75) is 0 Å². The van der Waals surface area contributed by atoms with Crippen LogP contribution in [0.25, 0.3) is 21.8 Å². The van der Waals surface area contributed by atoms with Crippen LogP contribution in [0.1, 0.15) is 31.3 Å². The summed E-state index contributed by atoms with van der Waals surface area (Å²) in [5.74, 6) is -2.55. The van der Waals surface area contributed by atoms with E-state index in [9.17, 15) is 39.3 Å². The number of fused-ring (bicyclic) bond motifs is 3. The van der Waals surface area contributed by atoms with Gasteiger partial charge in [0, 0.05) is 16.3 Å². The van der Waals surface area contributed by atoms with E-state index in [4.69, 9.17) is 0 Å². The van der Waals surface area contributed by atoms with Crippen LogP contribution in [0.15, 0.2) is 12.1 Å². The fourth-order valence-electron chi connectivity index (χ4n) is 2.66. The number of nitrogens with zero attached hydrogens (tertiary/aromatic N) is 1.